The van der Waals surface area contributed by atoms with E-state index in [1.165, 1.54) is 35.6 Å². The normalized spacial score (nSPS) is 11.3. The standard InChI is InChI=1S/C25H21ClN2O3S/c1-28(32(30,31)23-15-11-21(26)12-16-23)22-13-9-19(10-14-22)25(29)27-17-20-7-4-6-18-5-2-3-8-24(18)20/h2-16H,17H2,1H3,(H,27,29). The Hall–Kier alpha value is -3.35. The van der Waals surface area contributed by atoms with E-state index in [0.717, 1.165) is 16.3 Å². The summed E-state index contributed by atoms with van der Waals surface area (Å²) in [5, 5.41) is 5.61. The molecule has 0 atom stereocenters. The smallest absolute Gasteiger partial charge is 0.264 e. The van der Waals surface area contributed by atoms with Crippen LogP contribution in [0.3, 0.4) is 0 Å². The molecule has 0 aliphatic carbocycles. The van der Waals surface area contributed by atoms with Crippen molar-refractivity contribution in [2.75, 3.05) is 11.4 Å². The van der Waals surface area contributed by atoms with Gasteiger partial charge in [-0.3, -0.25) is 9.10 Å². The van der Waals surface area contributed by atoms with Crippen molar-refractivity contribution in [3.8, 4) is 0 Å². The van der Waals surface area contributed by atoms with E-state index in [2.05, 4.69) is 5.32 Å². The molecule has 7 heteroatoms. The second-order valence-electron chi connectivity index (χ2n) is 7.29. The summed E-state index contributed by atoms with van der Waals surface area (Å²) in [6.45, 7) is 0.396. The molecule has 0 saturated heterocycles. The lowest BCUT2D eigenvalue weighted by Gasteiger charge is -2.20. The molecule has 0 unspecified atom stereocenters. The topological polar surface area (TPSA) is 66.5 Å². The predicted molar refractivity (Wildman–Crippen MR) is 129 cm³/mol. The lowest BCUT2D eigenvalue weighted by molar-refractivity contribution is 0.0951. The number of carbonyl (C=O) groups is 1. The minimum Gasteiger partial charge on any atom is -0.348 e. The maximum atomic E-state index is 12.8. The van der Waals surface area contributed by atoms with Gasteiger partial charge in [-0.2, -0.15) is 0 Å². The van der Waals surface area contributed by atoms with Gasteiger partial charge in [0.15, 0.2) is 0 Å². The second kappa shape index (κ2) is 9.02. The highest BCUT2D eigenvalue weighted by molar-refractivity contribution is 7.92. The first kappa shape index (κ1) is 21.9. The minimum absolute atomic E-state index is 0.140. The van der Waals surface area contributed by atoms with Crippen molar-refractivity contribution in [3.05, 3.63) is 107 Å². The van der Waals surface area contributed by atoms with Crippen molar-refractivity contribution in [2.24, 2.45) is 0 Å². The van der Waals surface area contributed by atoms with Gasteiger partial charge in [-0.05, 0) is 64.9 Å². The third-order valence-corrected chi connectivity index (χ3v) is 7.34. The van der Waals surface area contributed by atoms with E-state index in [9.17, 15) is 13.2 Å². The molecule has 1 N–H and O–H groups in total. The van der Waals surface area contributed by atoms with Crippen LogP contribution in [0.4, 0.5) is 5.69 Å². The molecule has 0 aliphatic heterocycles. The largest absolute Gasteiger partial charge is 0.348 e. The zero-order valence-electron chi connectivity index (χ0n) is 17.3. The zero-order chi connectivity index (χ0) is 22.7. The number of benzene rings is 4. The summed E-state index contributed by atoms with van der Waals surface area (Å²) < 4.78 is 26.8. The number of rotatable bonds is 6. The van der Waals surface area contributed by atoms with Gasteiger partial charge in [-0.15, -0.1) is 0 Å². The average molecular weight is 465 g/mol. The molecule has 4 aromatic carbocycles. The van der Waals surface area contributed by atoms with E-state index in [-0.39, 0.29) is 10.8 Å². The third-order valence-electron chi connectivity index (χ3n) is 5.28. The Labute approximate surface area is 192 Å². The SMILES string of the molecule is CN(c1ccc(C(=O)NCc2cccc3ccccc23)cc1)S(=O)(=O)c1ccc(Cl)cc1. The molecule has 0 saturated carbocycles. The Morgan fingerprint density at radius 2 is 1.53 bits per heavy atom. The van der Waals surface area contributed by atoms with Gasteiger partial charge in [0.05, 0.1) is 10.6 Å². The fourth-order valence-electron chi connectivity index (χ4n) is 3.45. The highest BCUT2D eigenvalue weighted by atomic mass is 35.5. The van der Waals surface area contributed by atoms with Crippen molar-refractivity contribution < 1.29 is 13.2 Å². The first-order valence-electron chi connectivity index (χ1n) is 9.96. The van der Waals surface area contributed by atoms with E-state index in [1.54, 1.807) is 24.3 Å². The van der Waals surface area contributed by atoms with Gasteiger partial charge < -0.3 is 5.32 Å². The van der Waals surface area contributed by atoms with E-state index < -0.39 is 10.0 Å². The predicted octanol–water partition coefficient (Wildman–Crippen LogP) is 5.25. The first-order chi connectivity index (χ1) is 15.4. The van der Waals surface area contributed by atoms with Crippen molar-refractivity contribution in [3.63, 3.8) is 0 Å². The first-order valence-corrected chi connectivity index (χ1v) is 11.8. The molecule has 162 valence electrons. The van der Waals surface area contributed by atoms with Crippen molar-refractivity contribution in [1.29, 1.82) is 0 Å². The number of hydrogen-bond donors (Lipinski definition) is 1. The maximum absolute atomic E-state index is 12.8. The molecule has 32 heavy (non-hydrogen) atoms. The highest BCUT2D eigenvalue weighted by Gasteiger charge is 2.21. The number of nitrogens with one attached hydrogen (secondary N) is 1. The lowest BCUT2D eigenvalue weighted by atomic mass is 10.0. The van der Waals surface area contributed by atoms with Crippen LogP contribution in [0.25, 0.3) is 10.8 Å². The fourth-order valence-corrected chi connectivity index (χ4v) is 4.77. The molecule has 0 aromatic heterocycles. The number of amides is 1. The van der Waals surface area contributed by atoms with E-state index in [0.29, 0.717) is 22.8 Å². The Kier molecular flexibility index (Phi) is 6.17. The number of sulfonamides is 1. The van der Waals surface area contributed by atoms with Gasteiger partial charge in [0, 0.05) is 24.2 Å². The highest BCUT2D eigenvalue weighted by Crippen LogP contribution is 2.24. The minimum atomic E-state index is -3.73. The molecule has 4 rings (SSSR count). The molecular formula is C25H21ClN2O3S. The van der Waals surface area contributed by atoms with Gasteiger partial charge >= 0.3 is 0 Å². The average Bonchev–Trinajstić information content (AvgIpc) is 2.82. The number of hydrogen-bond acceptors (Lipinski definition) is 3. The number of carbonyl (C=O) groups excluding carboxylic acids is 1. The summed E-state index contributed by atoms with van der Waals surface area (Å²) in [4.78, 5) is 12.8. The monoisotopic (exact) mass is 464 g/mol. The fraction of sp³-hybridized carbons (Fsp3) is 0.0800. The van der Waals surface area contributed by atoms with Crippen molar-refractivity contribution >= 4 is 44.0 Å². The van der Waals surface area contributed by atoms with Crippen molar-refractivity contribution in [2.45, 2.75) is 11.4 Å². The number of nitrogens with zero attached hydrogens (tertiary/aromatic N) is 1. The summed E-state index contributed by atoms with van der Waals surface area (Å²) in [7, 11) is -2.26. The van der Waals surface area contributed by atoms with Crippen LogP contribution in [0.5, 0.6) is 0 Å². The van der Waals surface area contributed by atoms with Crippen LogP contribution in [0.2, 0.25) is 5.02 Å². The third kappa shape index (κ3) is 4.47. The van der Waals surface area contributed by atoms with E-state index in [4.69, 9.17) is 11.6 Å². The second-order valence-corrected chi connectivity index (χ2v) is 9.70. The molecule has 0 spiro atoms. The van der Waals surface area contributed by atoms with E-state index in [1.807, 2.05) is 42.5 Å². The Morgan fingerprint density at radius 1 is 0.875 bits per heavy atom. The van der Waals surface area contributed by atoms with Crippen LogP contribution in [-0.2, 0) is 16.6 Å². The van der Waals surface area contributed by atoms with Crippen LogP contribution in [0.1, 0.15) is 15.9 Å². The van der Waals surface area contributed by atoms with Crippen LogP contribution in [-0.4, -0.2) is 21.4 Å². The molecule has 1 amide bonds. The van der Waals surface area contributed by atoms with Gasteiger partial charge in [-0.1, -0.05) is 54.1 Å². The molecule has 0 heterocycles. The summed E-state index contributed by atoms with van der Waals surface area (Å²) in [5.74, 6) is -0.229. The summed E-state index contributed by atoms with van der Waals surface area (Å²) in [6.07, 6.45) is 0. The number of anilines is 1. The van der Waals surface area contributed by atoms with Crippen molar-refractivity contribution in [1.82, 2.24) is 5.32 Å². The van der Waals surface area contributed by atoms with Gasteiger partial charge in [-0.25, -0.2) is 8.42 Å². The molecule has 5 nitrogen and oxygen atoms in total. The molecule has 0 aliphatic rings. The zero-order valence-corrected chi connectivity index (χ0v) is 18.9. The Balaban J connectivity index is 1.47. The Bertz CT molecular complexity index is 1360. The Morgan fingerprint density at radius 3 is 2.25 bits per heavy atom. The molecule has 0 fully saturated rings. The molecule has 0 bridgehead atoms. The van der Waals surface area contributed by atoms with Gasteiger partial charge in [0.2, 0.25) is 0 Å². The summed E-state index contributed by atoms with van der Waals surface area (Å²) >= 11 is 5.85. The molecule has 4 aromatic rings. The van der Waals surface area contributed by atoms with E-state index >= 15 is 0 Å². The summed E-state index contributed by atoms with van der Waals surface area (Å²) in [5.41, 5.74) is 1.93. The van der Waals surface area contributed by atoms with Crippen LogP contribution in [0, 0.1) is 0 Å². The number of halogens is 1. The van der Waals surface area contributed by atoms with Crippen LogP contribution >= 0.6 is 11.6 Å². The molecule has 0 radical (unpaired) electrons. The van der Waals surface area contributed by atoms with Gasteiger partial charge in [0.25, 0.3) is 15.9 Å². The maximum Gasteiger partial charge on any atom is 0.264 e. The lowest BCUT2D eigenvalue weighted by Crippen LogP contribution is -2.27. The van der Waals surface area contributed by atoms with Crippen LogP contribution in [0.15, 0.2) is 95.9 Å². The van der Waals surface area contributed by atoms with Gasteiger partial charge in [0.1, 0.15) is 0 Å². The molecular weight excluding hydrogens is 444 g/mol. The quantitative estimate of drug-likeness (QED) is 0.424. The van der Waals surface area contributed by atoms with Crippen LogP contribution < -0.4 is 9.62 Å². The summed E-state index contributed by atoms with van der Waals surface area (Å²) in [6, 6.07) is 26.5. The number of fused-ring (bicyclic) bond motifs is 1.